The zero-order valence-electron chi connectivity index (χ0n) is 10.5. The number of nitrogens with two attached hydrogens (primary N) is 1. The summed E-state index contributed by atoms with van der Waals surface area (Å²) in [6.07, 6.45) is -4.66. The number of ether oxygens (including phenoxy) is 1. The predicted octanol–water partition coefficient (Wildman–Crippen LogP) is 0.774. The van der Waals surface area contributed by atoms with E-state index in [9.17, 15) is 30.8 Å². The quantitative estimate of drug-likeness (QED) is 0.797. The van der Waals surface area contributed by atoms with Gasteiger partial charge in [-0.1, -0.05) is 0 Å². The van der Waals surface area contributed by atoms with Crippen LogP contribution < -0.4 is 15.2 Å². The Bertz CT molecular complexity index is 658. The molecule has 1 rings (SSSR count). The second-order valence-corrected chi connectivity index (χ2v) is 5.36. The highest BCUT2D eigenvalue weighted by molar-refractivity contribution is 7.89. The molecule has 0 aliphatic rings. The fourth-order valence-corrected chi connectivity index (χ4v) is 2.12. The van der Waals surface area contributed by atoms with Crippen molar-refractivity contribution >= 4 is 15.9 Å². The highest BCUT2D eigenvalue weighted by Crippen LogP contribution is 2.27. The maximum absolute atomic E-state index is 13.6. The molecular weight excluding hydrogens is 320 g/mol. The summed E-state index contributed by atoms with van der Waals surface area (Å²) in [6, 6.07) is 1.17. The zero-order valence-corrected chi connectivity index (χ0v) is 11.3. The summed E-state index contributed by atoms with van der Waals surface area (Å²) in [7, 11) is -3.47. The molecule has 0 unspecified atom stereocenters. The number of sulfonamides is 1. The first kappa shape index (κ1) is 17.2. The second kappa shape index (κ2) is 5.85. The lowest BCUT2D eigenvalue weighted by Gasteiger charge is -2.12. The predicted molar refractivity (Wildman–Crippen MR) is 62.7 cm³/mol. The number of carbonyl (C=O) groups is 1. The summed E-state index contributed by atoms with van der Waals surface area (Å²) < 4.78 is 76.6. The van der Waals surface area contributed by atoms with E-state index >= 15 is 0 Å². The van der Waals surface area contributed by atoms with E-state index in [1.54, 1.807) is 0 Å². The molecule has 0 radical (unpaired) electrons. The van der Waals surface area contributed by atoms with Gasteiger partial charge in [-0.2, -0.15) is 13.2 Å². The van der Waals surface area contributed by atoms with E-state index in [2.05, 4.69) is 4.74 Å². The molecule has 3 N–H and O–H groups in total. The molecule has 0 aliphatic carbocycles. The van der Waals surface area contributed by atoms with Gasteiger partial charge in [0.15, 0.2) is 11.6 Å². The summed E-state index contributed by atoms with van der Waals surface area (Å²) in [5.74, 6) is -3.29. The molecule has 0 aliphatic heterocycles. The van der Waals surface area contributed by atoms with Gasteiger partial charge in [-0.25, -0.2) is 17.9 Å². The first-order chi connectivity index (χ1) is 9.45. The number of methoxy groups -OCH3 is 1. The summed E-state index contributed by atoms with van der Waals surface area (Å²) >= 11 is 0. The Labute approximate surface area is 116 Å². The molecule has 0 spiro atoms. The van der Waals surface area contributed by atoms with Gasteiger partial charge in [0.1, 0.15) is 11.4 Å². The molecule has 0 saturated carbocycles. The van der Waals surface area contributed by atoms with Crippen LogP contribution in [0.25, 0.3) is 0 Å². The van der Waals surface area contributed by atoms with Gasteiger partial charge in [0, 0.05) is 5.56 Å². The first-order valence-corrected chi connectivity index (χ1v) is 6.75. The number of benzene rings is 1. The number of nitrogens with one attached hydrogen (secondary N) is 1. The fourth-order valence-electron chi connectivity index (χ4n) is 1.39. The van der Waals surface area contributed by atoms with Gasteiger partial charge in [-0.05, 0) is 12.1 Å². The van der Waals surface area contributed by atoms with E-state index < -0.39 is 50.7 Å². The third kappa shape index (κ3) is 4.56. The van der Waals surface area contributed by atoms with Crippen LogP contribution in [-0.4, -0.2) is 34.2 Å². The van der Waals surface area contributed by atoms with Crippen molar-refractivity contribution in [1.29, 1.82) is 0 Å². The van der Waals surface area contributed by atoms with Crippen LogP contribution in [0.1, 0.15) is 10.4 Å². The van der Waals surface area contributed by atoms with Crippen LogP contribution in [0.15, 0.2) is 17.0 Å². The van der Waals surface area contributed by atoms with E-state index in [1.807, 2.05) is 0 Å². The van der Waals surface area contributed by atoms with Crippen molar-refractivity contribution in [3.05, 3.63) is 23.5 Å². The van der Waals surface area contributed by atoms with Crippen LogP contribution in [0.4, 0.5) is 17.6 Å². The molecule has 0 fully saturated rings. The van der Waals surface area contributed by atoms with Gasteiger partial charge in [0.05, 0.1) is 7.11 Å². The third-order valence-corrected chi connectivity index (χ3v) is 3.15. The highest BCUT2D eigenvalue weighted by atomic mass is 32.2. The number of alkyl halides is 3. The van der Waals surface area contributed by atoms with Crippen LogP contribution in [0.5, 0.6) is 5.75 Å². The molecule has 0 heterocycles. The molecule has 1 aromatic carbocycles. The second-order valence-electron chi connectivity index (χ2n) is 3.83. The Balaban J connectivity index is 3.22. The molecule has 11 heteroatoms. The number of halogens is 4. The van der Waals surface area contributed by atoms with Crippen LogP contribution in [0.3, 0.4) is 0 Å². The average Bonchev–Trinajstić information content (AvgIpc) is 2.32. The maximum atomic E-state index is 13.6. The number of hydrogen-bond donors (Lipinski definition) is 2. The third-order valence-electron chi connectivity index (χ3n) is 2.23. The Morgan fingerprint density at radius 3 is 2.38 bits per heavy atom. The topological polar surface area (TPSA) is 98.5 Å². The minimum Gasteiger partial charge on any atom is -0.492 e. The Kier molecular flexibility index (Phi) is 4.79. The summed E-state index contributed by atoms with van der Waals surface area (Å²) in [4.78, 5) is 10.6. The van der Waals surface area contributed by atoms with Crippen LogP contribution >= 0.6 is 0 Å². The molecule has 0 atom stereocenters. The van der Waals surface area contributed by atoms with Crippen molar-refractivity contribution in [3.63, 3.8) is 0 Å². The minimum atomic E-state index is -4.66. The maximum Gasteiger partial charge on any atom is 0.405 e. The largest absolute Gasteiger partial charge is 0.492 e. The van der Waals surface area contributed by atoms with E-state index in [4.69, 9.17) is 5.14 Å². The van der Waals surface area contributed by atoms with Crippen molar-refractivity contribution in [3.8, 4) is 5.75 Å². The zero-order chi connectivity index (χ0) is 16.4. The molecule has 6 nitrogen and oxygen atoms in total. The molecular formula is C10H10F4N2O4S. The molecule has 0 bridgehead atoms. The van der Waals surface area contributed by atoms with Crippen LogP contribution in [-0.2, 0) is 10.0 Å². The van der Waals surface area contributed by atoms with Crippen LogP contribution in [0, 0.1) is 5.82 Å². The molecule has 1 amide bonds. The van der Waals surface area contributed by atoms with Crippen molar-refractivity contribution in [1.82, 2.24) is 5.32 Å². The molecule has 1 aromatic rings. The number of rotatable bonds is 4. The Morgan fingerprint density at radius 2 is 1.95 bits per heavy atom. The summed E-state index contributed by atoms with van der Waals surface area (Å²) in [5.41, 5.74) is -0.637. The molecule has 0 aromatic heterocycles. The van der Waals surface area contributed by atoms with Gasteiger partial charge in [0.25, 0.3) is 5.91 Å². The lowest BCUT2D eigenvalue weighted by atomic mass is 10.2. The van der Waals surface area contributed by atoms with E-state index in [1.165, 1.54) is 5.32 Å². The average molecular weight is 330 g/mol. The smallest absolute Gasteiger partial charge is 0.405 e. The number of amides is 1. The summed E-state index contributed by atoms with van der Waals surface area (Å²) in [6.45, 7) is -1.65. The molecule has 118 valence electrons. The van der Waals surface area contributed by atoms with E-state index in [0.29, 0.717) is 12.1 Å². The Hall–Kier alpha value is -1.88. The first-order valence-electron chi connectivity index (χ1n) is 5.21. The van der Waals surface area contributed by atoms with Gasteiger partial charge < -0.3 is 10.1 Å². The number of hydrogen-bond acceptors (Lipinski definition) is 4. The fraction of sp³-hybridized carbons (Fsp3) is 0.300. The Morgan fingerprint density at radius 1 is 1.38 bits per heavy atom. The van der Waals surface area contributed by atoms with E-state index in [-0.39, 0.29) is 0 Å². The number of carbonyl (C=O) groups excluding carboxylic acids is 1. The van der Waals surface area contributed by atoms with Gasteiger partial charge in [-0.3, -0.25) is 4.79 Å². The van der Waals surface area contributed by atoms with Crippen molar-refractivity contribution in [2.75, 3.05) is 13.7 Å². The van der Waals surface area contributed by atoms with Crippen LogP contribution in [0.2, 0.25) is 0 Å². The lowest BCUT2D eigenvalue weighted by Crippen LogP contribution is -2.34. The highest BCUT2D eigenvalue weighted by Gasteiger charge is 2.29. The monoisotopic (exact) mass is 330 g/mol. The summed E-state index contributed by atoms with van der Waals surface area (Å²) in [5, 5.41) is 6.30. The molecule has 21 heavy (non-hydrogen) atoms. The van der Waals surface area contributed by atoms with Crippen molar-refractivity contribution in [2.24, 2.45) is 5.14 Å². The SMILES string of the molecule is COc1c(F)cc(C(=O)NCC(F)(F)F)cc1S(N)(=O)=O. The standard InChI is InChI=1S/C10H10F4N2O4S/c1-20-8-6(11)2-5(3-7(8)21(15,18)19)9(17)16-4-10(12,13)14/h2-3H,4H2,1H3,(H,16,17)(H2,15,18,19). The number of primary sulfonamides is 1. The van der Waals surface area contributed by atoms with Gasteiger partial charge in [-0.15, -0.1) is 0 Å². The van der Waals surface area contributed by atoms with E-state index in [0.717, 1.165) is 7.11 Å². The normalized spacial score (nSPS) is 12.1. The van der Waals surface area contributed by atoms with Crippen molar-refractivity contribution < 1.29 is 35.5 Å². The van der Waals surface area contributed by atoms with Gasteiger partial charge in [0.2, 0.25) is 10.0 Å². The molecule has 0 saturated heterocycles. The van der Waals surface area contributed by atoms with Gasteiger partial charge >= 0.3 is 6.18 Å². The van der Waals surface area contributed by atoms with Crippen molar-refractivity contribution in [2.45, 2.75) is 11.1 Å². The lowest BCUT2D eigenvalue weighted by molar-refractivity contribution is -0.123. The minimum absolute atomic E-state index is 0.541.